The van der Waals surface area contributed by atoms with Crippen molar-refractivity contribution in [3.8, 4) is 5.75 Å². The van der Waals surface area contributed by atoms with E-state index in [2.05, 4.69) is 15.6 Å². The third-order valence-electron chi connectivity index (χ3n) is 2.86. The van der Waals surface area contributed by atoms with Crippen LogP contribution in [0.15, 0.2) is 54.6 Å². The van der Waals surface area contributed by atoms with Crippen LogP contribution in [0.4, 0.5) is 8.78 Å². The van der Waals surface area contributed by atoms with E-state index in [1.54, 1.807) is 12.1 Å². The highest BCUT2D eigenvalue weighted by atomic mass is 19.3. The first kappa shape index (κ1) is 16.4. The summed E-state index contributed by atoms with van der Waals surface area (Å²) in [6.45, 7) is -2.92. The minimum absolute atomic E-state index is 0.0512. The molecule has 2 amide bonds. The van der Waals surface area contributed by atoms with E-state index in [1.807, 2.05) is 18.2 Å². The van der Waals surface area contributed by atoms with Gasteiger partial charge in [-0.3, -0.25) is 20.4 Å². The molecule has 23 heavy (non-hydrogen) atoms. The van der Waals surface area contributed by atoms with E-state index >= 15 is 0 Å². The van der Waals surface area contributed by atoms with Gasteiger partial charge in [-0.2, -0.15) is 8.78 Å². The number of benzene rings is 2. The molecule has 0 saturated carbocycles. The van der Waals surface area contributed by atoms with Crippen LogP contribution in [-0.2, 0) is 11.2 Å². The minimum Gasteiger partial charge on any atom is -0.435 e. The second-order valence-corrected chi connectivity index (χ2v) is 4.57. The van der Waals surface area contributed by atoms with Gasteiger partial charge >= 0.3 is 6.61 Å². The van der Waals surface area contributed by atoms with Crippen LogP contribution in [0.1, 0.15) is 15.9 Å². The average Bonchev–Trinajstić information content (AvgIpc) is 2.54. The van der Waals surface area contributed by atoms with Crippen LogP contribution >= 0.6 is 0 Å². The number of halogens is 2. The Kier molecular flexibility index (Phi) is 5.62. The number of hydrogen-bond donors (Lipinski definition) is 2. The summed E-state index contributed by atoms with van der Waals surface area (Å²) in [5.41, 5.74) is 5.55. The number of alkyl halides is 2. The number of rotatable bonds is 5. The number of amides is 2. The molecule has 0 saturated heterocycles. The Hall–Kier alpha value is -2.96. The van der Waals surface area contributed by atoms with E-state index in [1.165, 1.54) is 24.3 Å². The van der Waals surface area contributed by atoms with Crippen molar-refractivity contribution in [2.75, 3.05) is 0 Å². The predicted molar refractivity (Wildman–Crippen MR) is 78.8 cm³/mol. The summed E-state index contributed by atoms with van der Waals surface area (Å²) in [4.78, 5) is 23.5. The molecule has 7 heteroatoms. The lowest BCUT2D eigenvalue weighted by atomic mass is 10.1. The molecule has 0 bridgehead atoms. The summed E-state index contributed by atoms with van der Waals surface area (Å²) in [6.07, 6.45) is 0.127. The topological polar surface area (TPSA) is 67.4 Å². The third kappa shape index (κ3) is 5.39. The van der Waals surface area contributed by atoms with Crippen molar-refractivity contribution in [2.45, 2.75) is 13.0 Å². The Morgan fingerprint density at radius 1 is 0.957 bits per heavy atom. The van der Waals surface area contributed by atoms with Crippen LogP contribution in [0, 0.1) is 0 Å². The van der Waals surface area contributed by atoms with Crippen molar-refractivity contribution in [1.29, 1.82) is 0 Å². The van der Waals surface area contributed by atoms with Crippen LogP contribution in [0.2, 0.25) is 0 Å². The lowest BCUT2D eigenvalue weighted by Crippen LogP contribution is -2.42. The first-order chi connectivity index (χ1) is 11.0. The van der Waals surface area contributed by atoms with Gasteiger partial charge in [0.05, 0.1) is 6.42 Å². The number of carbonyl (C=O) groups excluding carboxylic acids is 2. The highest BCUT2D eigenvalue weighted by Crippen LogP contribution is 2.14. The van der Waals surface area contributed by atoms with Gasteiger partial charge < -0.3 is 4.74 Å². The fourth-order valence-corrected chi connectivity index (χ4v) is 1.81. The first-order valence-corrected chi connectivity index (χ1v) is 6.72. The van der Waals surface area contributed by atoms with E-state index in [0.717, 1.165) is 5.56 Å². The van der Waals surface area contributed by atoms with Crippen molar-refractivity contribution in [1.82, 2.24) is 10.9 Å². The molecule has 2 N–H and O–H groups in total. The molecule has 0 aliphatic heterocycles. The molecular formula is C16H14F2N2O3. The third-order valence-corrected chi connectivity index (χ3v) is 2.86. The monoisotopic (exact) mass is 320 g/mol. The molecule has 0 aromatic heterocycles. The van der Waals surface area contributed by atoms with Gasteiger partial charge in [-0.05, 0) is 29.8 Å². The Morgan fingerprint density at radius 2 is 1.61 bits per heavy atom. The zero-order valence-corrected chi connectivity index (χ0v) is 12.0. The molecule has 0 heterocycles. The molecule has 2 rings (SSSR count). The van der Waals surface area contributed by atoms with Gasteiger partial charge in [0.1, 0.15) is 5.75 Å². The maximum atomic E-state index is 12.0. The molecule has 2 aromatic carbocycles. The summed E-state index contributed by atoms with van der Waals surface area (Å²) in [7, 11) is 0. The van der Waals surface area contributed by atoms with E-state index in [-0.39, 0.29) is 23.6 Å². The van der Waals surface area contributed by atoms with Crippen molar-refractivity contribution in [3.05, 3.63) is 65.7 Å². The molecule has 5 nitrogen and oxygen atoms in total. The van der Waals surface area contributed by atoms with E-state index < -0.39 is 12.5 Å². The van der Waals surface area contributed by atoms with Gasteiger partial charge in [0, 0.05) is 5.56 Å². The quantitative estimate of drug-likeness (QED) is 0.831. The van der Waals surface area contributed by atoms with Crippen molar-refractivity contribution < 1.29 is 23.1 Å². The summed E-state index contributed by atoms with van der Waals surface area (Å²) in [5.74, 6) is -0.984. The van der Waals surface area contributed by atoms with E-state index in [9.17, 15) is 18.4 Å². The van der Waals surface area contributed by atoms with Crippen LogP contribution in [0.5, 0.6) is 5.75 Å². The van der Waals surface area contributed by atoms with Gasteiger partial charge in [0.15, 0.2) is 0 Å². The van der Waals surface area contributed by atoms with Crippen LogP contribution in [-0.4, -0.2) is 18.4 Å². The van der Waals surface area contributed by atoms with Gasteiger partial charge in [-0.1, -0.05) is 30.3 Å². The zero-order chi connectivity index (χ0) is 16.7. The highest BCUT2D eigenvalue weighted by molar-refractivity contribution is 5.95. The molecule has 0 aliphatic carbocycles. The average molecular weight is 320 g/mol. The van der Waals surface area contributed by atoms with Gasteiger partial charge in [0.2, 0.25) is 5.91 Å². The molecule has 0 radical (unpaired) electrons. The molecule has 120 valence electrons. The number of nitrogens with one attached hydrogen (secondary N) is 2. The first-order valence-electron chi connectivity index (χ1n) is 6.72. The standard InChI is InChI=1S/C16H14F2N2O3/c17-16(18)23-13-8-6-12(7-9-13)15(22)20-19-14(21)10-11-4-2-1-3-5-11/h1-9,16H,10H2,(H,19,21)(H,20,22). The van der Waals surface area contributed by atoms with Gasteiger partial charge in [-0.15, -0.1) is 0 Å². The number of ether oxygens (including phenoxy) is 1. The highest BCUT2D eigenvalue weighted by Gasteiger charge is 2.09. The number of hydrogen-bond acceptors (Lipinski definition) is 3. The van der Waals surface area contributed by atoms with Crippen LogP contribution in [0.25, 0.3) is 0 Å². The molecule has 0 fully saturated rings. The van der Waals surface area contributed by atoms with Crippen LogP contribution in [0.3, 0.4) is 0 Å². The Bertz CT molecular complexity index is 661. The minimum atomic E-state index is -2.92. The Balaban J connectivity index is 1.83. The summed E-state index contributed by atoms with van der Waals surface area (Å²) in [5, 5.41) is 0. The Morgan fingerprint density at radius 3 is 2.22 bits per heavy atom. The second kappa shape index (κ2) is 7.88. The number of carbonyl (C=O) groups is 2. The largest absolute Gasteiger partial charge is 0.435 e. The molecule has 0 spiro atoms. The number of hydrazine groups is 1. The van der Waals surface area contributed by atoms with E-state index in [4.69, 9.17) is 0 Å². The van der Waals surface area contributed by atoms with Gasteiger partial charge in [-0.25, -0.2) is 0 Å². The fraction of sp³-hybridized carbons (Fsp3) is 0.125. The lowest BCUT2D eigenvalue weighted by molar-refractivity contribution is -0.121. The summed E-state index contributed by atoms with van der Waals surface area (Å²) >= 11 is 0. The van der Waals surface area contributed by atoms with Crippen LogP contribution < -0.4 is 15.6 Å². The van der Waals surface area contributed by atoms with E-state index in [0.29, 0.717) is 0 Å². The fourth-order valence-electron chi connectivity index (χ4n) is 1.81. The molecule has 0 atom stereocenters. The maximum absolute atomic E-state index is 12.0. The predicted octanol–water partition coefficient (Wildman–Crippen LogP) is 2.29. The zero-order valence-electron chi connectivity index (χ0n) is 12.0. The lowest BCUT2D eigenvalue weighted by Gasteiger charge is -2.08. The van der Waals surface area contributed by atoms with Gasteiger partial charge in [0.25, 0.3) is 5.91 Å². The maximum Gasteiger partial charge on any atom is 0.387 e. The summed E-state index contributed by atoms with van der Waals surface area (Å²) in [6, 6.07) is 14.2. The molecular weight excluding hydrogens is 306 g/mol. The normalized spacial score (nSPS) is 10.2. The SMILES string of the molecule is O=C(Cc1ccccc1)NNC(=O)c1ccc(OC(F)F)cc1. The molecule has 0 aliphatic rings. The van der Waals surface area contributed by atoms with Crippen molar-refractivity contribution in [2.24, 2.45) is 0 Å². The smallest absolute Gasteiger partial charge is 0.387 e. The molecule has 2 aromatic rings. The molecule has 0 unspecified atom stereocenters. The summed E-state index contributed by atoms with van der Waals surface area (Å²) < 4.78 is 28.2. The van der Waals surface area contributed by atoms with Crippen molar-refractivity contribution in [3.63, 3.8) is 0 Å². The Labute approximate surface area is 131 Å². The van der Waals surface area contributed by atoms with Crippen molar-refractivity contribution >= 4 is 11.8 Å². The second-order valence-electron chi connectivity index (χ2n) is 4.57.